The summed E-state index contributed by atoms with van der Waals surface area (Å²) >= 11 is 0. The number of hydrogen-bond donors (Lipinski definition) is 6. The Balaban J connectivity index is 1.89. The third-order valence-corrected chi connectivity index (χ3v) is 6.39. The molecule has 18 heteroatoms. The second-order valence-electron chi connectivity index (χ2n) is 7.18. The maximum Gasteiger partial charge on any atom is 0.369 e. The van der Waals surface area contributed by atoms with Crippen LogP contribution in [-0.2, 0) is 28.4 Å². The van der Waals surface area contributed by atoms with E-state index in [1.54, 1.807) is 0 Å². The molecule has 0 bridgehead atoms. The molecule has 16 nitrogen and oxygen atoms in total. The number of aromatic nitrogens is 4. The van der Waals surface area contributed by atoms with Crippen LogP contribution in [0.25, 0.3) is 11.2 Å². The molecule has 3 rings (SSSR count). The first-order valence-corrected chi connectivity index (χ1v) is 11.2. The third-order valence-electron chi connectivity index (χ3n) is 4.97. The van der Waals surface area contributed by atoms with Crippen molar-refractivity contribution in [3.8, 4) is 0 Å². The number of aliphatic hydroxyl groups is 2. The molecule has 2 aromatic rings. The van der Waals surface area contributed by atoms with Crippen LogP contribution in [-0.4, -0.2) is 93.4 Å². The van der Waals surface area contributed by atoms with Crippen molar-refractivity contribution < 1.29 is 57.9 Å². The fourth-order valence-electron chi connectivity index (χ4n) is 3.35. The Labute approximate surface area is 189 Å². The third kappa shape index (κ3) is 4.58. The van der Waals surface area contributed by atoms with E-state index >= 15 is 0 Å². The molecule has 0 aromatic carbocycles. The molecule has 0 radical (unpaired) electrons. The molecule has 34 heavy (non-hydrogen) atoms. The molecule has 3 heterocycles. The molecule has 0 unspecified atom stereocenters. The van der Waals surface area contributed by atoms with E-state index in [0.717, 1.165) is 10.9 Å². The fourth-order valence-corrected chi connectivity index (χ4v) is 4.24. The van der Waals surface area contributed by atoms with Crippen LogP contribution in [0.2, 0.25) is 0 Å². The number of hydrogen-bond acceptors (Lipinski definition) is 12. The molecular formula is C16H21FN5O11P. The van der Waals surface area contributed by atoms with E-state index in [9.17, 15) is 38.5 Å². The highest BCUT2D eigenvalue weighted by Crippen LogP contribution is 2.54. The number of esters is 1. The van der Waals surface area contributed by atoms with Gasteiger partial charge in [0.25, 0.3) is 5.34 Å². The van der Waals surface area contributed by atoms with Crippen LogP contribution in [0.15, 0.2) is 6.33 Å². The highest BCUT2D eigenvalue weighted by molar-refractivity contribution is 7.54. The normalized spacial score (nSPS) is 24.8. The van der Waals surface area contributed by atoms with Gasteiger partial charge in [-0.05, 0) is 6.92 Å². The summed E-state index contributed by atoms with van der Waals surface area (Å²) in [6, 6.07) is 0. The van der Waals surface area contributed by atoms with Gasteiger partial charge >= 0.3 is 25.6 Å². The number of rotatable bonds is 9. The van der Waals surface area contributed by atoms with Gasteiger partial charge in [0, 0.05) is 0 Å². The van der Waals surface area contributed by atoms with E-state index in [1.165, 1.54) is 6.92 Å². The molecule has 0 spiro atoms. The molecule has 1 fully saturated rings. The predicted molar refractivity (Wildman–Crippen MR) is 105 cm³/mol. The van der Waals surface area contributed by atoms with Crippen molar-refractivity contribution in [3.05, 3.63) is 12.4 Å². The van der Waals surface area contributed by atoms with Crippen molar-refractivity contribution in [2.24, 2.45) is 0 Å². The number of fused-ring (bicyclic) bond motifs is 1. The van der Waals surface area contributed by atoms with Gasteiger partial charge in [-0.2, -0.15) is 14.4 Å². The summed E-state index contributed by atoms with van der Waals surface area (Å²) in [6.45, 7) is 0.0225. The molecule has 2 aromatic heterocycles. The van der Waals surface area contributed by atoms with Crippen molar-refractivity contribution in [2.75, 3.05) is 18.9 Å². The largest absolute Gasteiger partial charge is 0.481 e. The van der Waals surface area contributed by atoms with Crippen LogP contribution >= 0.6 is 7.60 Å². The van der Waals surface area contributed by atoms with Gasteiger partial charge in [0.2, 0.25) is 0 Å². The number of aliphatic hydroxyl groups excluding tert-OH is 2. The average Bonchev–Trinajstić information content (AvgIpc) is 3.26. The first-order chi connectivity index (χ1) is 15.8. The Bertz CT molecular complexity index is 1140. The van der Waals surface area contributed by atoms with Crippen molar-refractivity contribution in [1.82, 2.24) is 19.5 Å². The number of nitrogens with zero attached hydrogens (tertiary/aromatic N) is 4. The van der Waals surface area contributed by atoms with Crippen LogP contribution in [0.4, 0.5) is 10.2 Å². The lowest BCUT2D eigenvalue weighted by molar-refractivity contribution is -0.174. The van der Waals surface area contributed by atoms with Gasteiger partial charge in [-0.1, -0.05) is 0 Å². The lowest BCUT2D eigenvalue weighted by atomic mass is 10.1. The SMILES string of the molecule is CCOC(=O)[C@@](CC(=O)O)(OC[C@H]1O[C@@H](n2cnc3c(N)nc(F)nc32)[C@H](O)[C@@H]1O)P(=O)(O)O. The molecule has 1 aliphatic heterocycles. The van der Waals surface area contributed by atoms with Gasteiger partial charge in [0.05, 0.1) is 26.0 Å². The standard InChI is InChI=1S/C16H21FN5O11P/c1-2-31-14(27)16(3-7(23)24,34(28,29)30)32-4-6-9(25)10(26)13(33-6)22-5-19-8-11(18)20-15(17)21-12(8)22/h5-6,9-10,13,25-26H,2-4H2,1H3,(H,23,24)(H2,18,20,21)(H2,28,29,30)/t6-,9-,10-,13-,16+/m1/s1. The van der Waals surface area contributed by atoms with E-state index < -0.39 is 68.5 Å². The monoisotopic (exact) mass is 509 g/mol. The molecule has 0 aliphatic carbocycles. The van der Waals surface area contributed by atoms with E-state index in [0.29, 0.717) is 0 Å². The van der Waals surface area contributed by atoms with Gasteiger partial charge in [-0.3, -0.25) is 13.9 Å². The van der Waals surface area contributed by atoms with Crippen LogP contribution in [0.1, 0.15) is 19.6 Å². The van der Waals surface area contributed by atoms with Crippen LogP contribution in [0.3, 0.4) is 0 Å². The zero-order chi connectivity index (χ0) is 25.4. The molecular weight excluding hydrogens is 488 g/mol. The van der Waals surface area contributed by atoms with E-state index in [-0.39, 0.29) is 23.6 Å². The smallest absolute Gasteiger partial charge is 0.369 e. The first kappa shape index (κ1) is 25.8. The Morgan fingerprint density at radius 2 is 2.00 bits per heavy atom. The second kappa shape index (κ2) is 9.46. The zero-order valence-corrected chi connectivity index (χ0v) is 18.3. The minimum Gasteiger partial charge on any atom is -0.481 e. The van der Waals surface area contributed by atoms with Gasteiger partial charge in [-0.25, -0.2) is 9.78 Å². The molecule has 188 valence electrons. The quantitative estimate of drug-likeness (QED) is 0.123. The summed E-state index contributed by atoms with van der Waals surface area (Å²) in [5.74, 6) is -3.73. The summed E-state index contributed by atoms with van der Waals surface area (Å²) in [5, 5.41) is 26.7. The van der Waals surface area contributed by atoms with Gasteiger partial charge < -0.3 is 45.1 Å². The van der Waals surface area contributed by atoms with E-state index in [2.05, 4.69) is 19.7 Å². The summed E-state index contributed by atoms with van der Waals surface area (Å²) in [6.07, 6.45) is -8.04. The molecule has 7 N–H and O–H groups in total. The van der Waals surface area contributed by atoms with E-state index in [1.807, 2.05) is 0 Å². The second-order valence-corrected chi connectivity index (χ2v) is 8.99. The van der Waals surface area contributed by atoms with Gasteiger partial charge in [0.1, 0.15) is 18.3 Å². The number of anilines is 1. The topological polar surface area (TPSA) is 250 Å². The molecule has 1 aliphatic rings. The van der Waals surface area contributed by atoms with Crippen LogP contribution in [0, 0.1) is 6.08 Å². The number of halogens is 1. The maximum atomic E-state index is 13.6. The summed E-state index contributed by atoms with van der Waals surface area (Å²) in [4.78, 5) is 53.8. The average molecular weight is 509 g/mol. The van der Waals surface area contributed by atoms with Crippen molar-refractivity contribution in [2.45, 2.75) is 43.2 Å². The number of carboxylic acids is 1. The molecule has 1 saturated heterocycles. The Hall–Kier alpha value is -2.79. The van der Waals surface area contributed by atoms with E-state index in [4.69, 9.17) is 20.3 Å². The number of carbonyl (C=O) groups is 2. The lowest BCUT2D eigenvalue weighted by Gasteiger charge is -2.31. The molecule has 5 atom stereocenters. The van der Waals surface area contributed by atoms with Gasteiger partial charge in [0.15, 0.2) is 23.2 Å². The highest BCUT2D eigenvalue weighted by atomic mass is 31.2. The minimum absolute atomic E-state index is 0.0318. The number of carboxylic acid groups (broad SMARTS) is 1. The highest BCUT2D eigenvalue weighted by Gasteiger charge is 2.59. The zero-order valence-electron chi connectivity index (χ0n) is 17.4. The van der Waals surface area contributed by atoms with Crippen LogP contribution in [0.5, 0.6) is 0 Å². The molecule has 0 amide bonds. The number of aliphatic carboxylic acids is 1. The number of nitrogens with two attached hydrogens (primary N) is 1. The maximum absolute atomic E-state index is 13.6. The number of imidazole rings is 1. The van der Waals surface area contributed by atoms with Crippen molar-refractivity contribution in [3.63, 3.8) is 0 Å². The lowest BCUT2D eigenvalue weighted by Crippen LogP contribution is -2.47. The number of nitrogen functional groups attached to an aromatic ring is 1. The first-order valence-electron chi connectivity index (χ1n) is 9.58. The van der Waals surface area contributed by atoms with Gasteiger partial charge in [-0.15, -0.1) is 0 Å². The molecule has 0 saturated carbocycles. The van der Waals surface area contributed by atoms with Crippen molar-refractivity contribution in [1.29, 1.82) is 0 Å². The number of ether oxygens (including phenoxy) is 3. The number of carbonyl (C=O) groups excluding carboxylic acids is 1. The Morgan fingerprint density at radius 1 is 1.32 bits per heavy atom. The predicted octanol–water partition coefficient (Wildman–Crippen LogP) is -1.90. The summed E-state index contributed by atoms with van der Waals surface area (Å²) in [5.41, 5.74) is 5.36. The minimum atomic E-state index is -5.61. The Kier molecular flexibility index (Phi) is 7.18. The fraction of sp³-hybridized carbons (Fsp3) is 0.562. The summed E-state index contributed by atoms with van der Waals surface area (Å²) in [7, 11) is -5.61. The van der Waals surface area contributed by atoms with Crippen LogP contribution < -0.4 is 5.73 Å². The summed E-state index contributed by atoms with van der Waals surface area (Å²) < 4.78 is 41.9. The Morgan fingerprint density at radius 3 is 2.59 bits per heavy atom. The van der Waals surface area contributed by atoms with Crippen molar-refractivity contribution >= 4 is 36.5 Å².